The number of esters is 1. The number of amides is 1. The maximum atomic E-state index is 12.5. The number of para-hydroxylation sites is 1. The monoisotopic (exact) mass is 393 g/mol. The van der Waals surface area contributed by atoms with Gasteiger partial charge in [0.1, 0.15) is 17.4 Å². The zero-order chi connectivity index (χ0) is 21.2. The molecule has 2 rings (SSSR count). The molecule has 29 heavy (non-hydrogen) atoms. The summed E-state index contributed by atoms with van der Waals surface area (Å²) >= 11 is 0. The molecule has 0 radical (unpaired) electrons. The number of carbonyl (C=O) groups excluding carboxylic acids is 2. The first kappa shape index (κ1) is 21.5. The first-order valence-corrected chi connectivity index (χ1v) is 9.20. The number of phenolic OH excluding ortho intramolecular Hbond substituents is 1. The number of phenols is 1. The van der Waals surface area contributed by atoms with Crippen LogP contribution in [0.3, 0.4) is 0 Å². The topological polar surface area (TPSA) is 111 Å². The first-order chi connectivity index (χ1) is 14.0. The number of carbonyl (C=O) groups is 2. The molecule has 2 aromatic carbocycles. The highest BCUT2D eigenvalue weighted by atomic mass is 16.5. The van der Waals surface area contributed by atoms with Gasteiger partial charge in [0.2, 0.25) is 0 Å². The van der Waals surface area contributed by atoms with Crippen LogP contribution in [0, 0.1) is 18.3 Å². The Bertz CT molecular complexity index is 961. The summed E-state index contributed by atoms with van der Waals surface area (Å²) in [4.78, 5) is 24.7. The van der Waals surface area contributed by atoms with Gasteiger partial charge in [0.15, 0.2) is 0 Å². The molecule has 7 nitrogen and oxygen atoms in total. The van der Waals surface area contributed by atoms with E-state index in [1.807, 2.05) is 13.8 Å². The van der Waals surface area contributed by atoms with Crippen LogP contribution < -0.4 is 10.6 Å². The van der Waals surface area contributed by atoms with Gasteiger partial charge in [-0.25, -0.2) is 4.79 Å². The minimum Gasteiger partial charge on any atom is -0.506 e. The van der Waals surface area contributed by atoms with Crippen LogP contribution in [0.1, 0.15) is 35.7 Å². The molecule has 0 atom stereocenters. The molecule has 0 aliphatic heterocycles. The normalized spacial score (nSPS) is 10.7. The van der Waals surface area contributed by atoms with E-state index in [-0.39, 0.29) is 22.6 Å². The average molecular weight is 393 g/mol. The van der Waals surface area contributed by atoms with Crippen LogP contribution in [0.5, 0.6) is 5.75 Å². The molecule has 0 fully saturated rings. The fraction of sp³-hybridized carbons (Fsp3) is 0.227. The Morgan fingerprint density at radius 3 is 2.66 bits per heavy atom. The SMILES string of the molecule is CCCCOC(=O)c1ccccc1NC(=O)/C(C#N)=C\Nc1ccc(C)cc1O. The summed E-state index contributed by atoms with van der Waals surface area (Å²) in [5, 5.41) is 24.5. The molecule has 0 saturated heterocycles. The van der Waals surface area contributed by atoms with Crippen molar-refractivity contribution in [2.75, 3.05) is 17.2 Å². The minimum atomic E-state index is -0.694. The Morgan fingerprint density at radius 2 is 1.97 bits per heavy atom. The molecule has 0 saturated carbocycles. The summed E-state index contributed by atoms with van der Waals surface area (Å²) in [6.45, 7) is 4.12. The lowest BCUT2D eigenvalue weighted by atomic mass is 10.1. The van der Waals surface area contributed by atoms with Gasteiger partial charge in [-0.05, 0) is 43.2 Å². The van der Waals surface area contributed by atoms with Crippen LogP contribution >= 0.6 is 0 Å². The van der Waals surface area contributed by atoms with Crippen LogP contribution in [-0.2, 0) is 9.53 Å². The van der Waals surface area contributed by atoms with Crippen molar-refractivity contribution in [2.45, 2.75) is 26.7 Å². The second-order valence-electron chi connectivity index (χ2n) is 6.32. The van der Waals surface area contributed by atoms with E-state index < -0.39 is 11.9 Å². The van der Waals surface area contributed by atoms with Crippen molar-refractivity contribution in [1.29, 1.82) is 5.26 Å². The van der Waals surface area contributed by atoms with E-state index >= 15 is 0 Å². The fourth-order valence-corrected chi connectivity index (χ4v) is 2.41. The standard InChI is InChI=1S/C22H23N3O4/c1-3-4-11-29-22(28)17-7-5-6-8-18(17)25-21(27)16(13-23)14-24-19-10-9-15(2)12-20(19)26/h5-10,12,14,24,26H,3-4,11H2,1-2H3,(H,25,27)/b16-14-. The van der Waals surface area contributed by atoms with Gasteiger partial charge >= 0.3 is 5.97 Å². The second-order valence-corrected chi connectivity index (χ2v) is 6.32. The molecule has 0 aliphatic rings. The third kappa shape index (κ3) is 6.11. The molecule has 0 bridgehead atoms. The number of benzene rings is 2. The number of nitrogens with one attached hydrogen (secondary N) is 2. The van der Waals surface area contributed by atoms with Crippen molar-refractivity contribution in [2.24, 2.45) is 0 Å². The maximum Gasteiger partial charge on any atom is 0.340 e. The van der Waals surface area contributed by atoms with Crippen molar-refractivity contribution in [3.8, 4) is 11.8 Å². The van der Waals surface area contributed by atoms with E-state index in [4.69, 9.17) is 4.74 Å². The zero-order valence-corrected chi connectivity index (χ0v) is 16.4. The minimum absolute atomic E-state index is 0.000816. The van der Waals surface area contributed by atoms with Crippen LogP contribution in [0.25, 0.3) is 0 Å². The summed E-state index contributed by atoms with van der Waals surface area (Å²) in [5.74, 6) is -1.24. The molecule has 1 amide bonds. The molecular weight excluding hydrogens is 370 g/mol. The van der Waals surface area contributed by atoms with E-state index in [0.717, 1.165) is 18.4 Å². The van der Waals surface area contributed by atoms with E-state index in [0.29, 0.717) is 12.3 Å². The number of aryl methyl sites for hydroxylation is 1. The van der Waals surface area contributed by atoms with E-state index in [9.17, 15) is 20.0 Å². The Morgan fingerprint density at radius 1 is 1.21 bits per heavy atom. The smallest absolute Gasteiger partial charge is 0.340 e. The lowest BCUT2D eigenvalue weighted by molar-refractivity contribution is -0.112. The predicted molar refractivity (Wildman–Crippen MR) is 110 cm³/mol. The van der Waals surface area contributed by atoms with Gasteiger partial charge in [0.05, 0.1) is 23.5 Å². The number of nitriles is 1. The van der Waals surface area contributed by atoms with Crippen LogP contribution in [0.4, 0.5) is 11.4 Å². The number of anilines is 2. The third-order valence-corrected chi connectivity index (χ3v) is 4.02. The second kappa shape index (κ2) is 10.5. The number of aromatic hydroxyl groups is 1. The Labute approximate surface area is 169 Å². The lowest BCUT2D eigenvalue weighted by Gasteiger charge is -2.11. The largest absolute Gasteiger partial charge is 0.506 e. The number of hydrogen-bond donors (Lipinski definition) is 3. The molecule has 2 aromatic rings. The highest BCUT2D eigenvalue weighted by Crippen LogP contribution is 2.24. The summed E-state index contributed by atoms with van der Waals surface area (Å²) in [6.07, 6.45) is 2.84. The summed E-state index contributed by atoms with van der Waals surface area (Å²) in [6, 6.07) is 13.2. The van der Waals surface area contributed by atoms with Gasteiger partial charge in [0.25, 0.3) is 5.91 Å². The summed E-state index contributed by atoms with van der Waals surface area (Å²) in [7, 11) is 0. The van der Waals surface area contributed by atoms with Crippen molar-refractivity contribution >= 4 is 23.3 Å². The third-order valence-electron chi connectivity index (χ3n) is 4.02. The van der Waals surface area contributed by atoms with Crippen LogP contribution in [-0.4, -0.2) is 23.6 Å². The molecule has 0 heterocycles. The van der Waals surface area contributed by atoms with Crippen LogP contribution in [0.15, 0.2) is 54.2 Å². The number of nitrogens with zero attached hydrogens (tertiary/aromatic N) is 1. The lowest BCUT2D eigenvalue weighted by Crippen LogP contribution is -2.18. The number of rotatable bonds is 8. The van der Waals surface area contributed by atoms with Crippen molar-refractivity contribution in [1.82, 2.24) is 0 Å². The first-order valence-electron chi connectivity index (χ1n) is 9.20. The van der Waals surface area contributed by atoms with Gasteiger partial charge in [0, 0.05) is 6.20 Å². The number of hydrogen-bond acceptors (Lipinski definition) is 6. The Kier molecular flexibility index (Phi) is 7.80. The summed E-state index contributed by atoms with van der Waals surface area (Å²) in [5.41, 5.74) is 1.46. The molecule has 7 heteroatoms. The maximum absolute atomic E-state index is 12.5. The van der Waals surface area contributed by atoms with E-state index in [1.165, 1.54) is 6.20 Å². The van der Waals surface area contributed by atoms with E-state index in [2.05, 4.69) is 10.6 Å². The van der Waals surface area contributed by atoms with Crippen LogP contribution in [0.2, 0.25) is 0 Å². The Balaban J connectivity index is 2.13. The molecule has 0 unspecified atom stereocenters. The summed E-state index contributed by atoms with van der Waals surface area (Å²) < 4.78 is 5.20. The van der Waals surface area contributed by atoms with Gasteiger partial charge in [-0.2, -0.15) is 5.26 Å². The fourth-order valence-electron chi connectivity index (χ4n) is 2.41. The highest BCUT2D eigenvalue weighted by Gasteiger charge is 2.16. The Hall–Kier alpha value is -3.79. The molecular formula is C22H23N3O4. The quantitative estimate of drug-likeness (QED) is 0.205. The molecule has 0 aliphatic carbocycles. The molecule has 0 spiro atoms. The zero-order valence-electron chi connectivity index (χ0n) is 16.4. The molecule has 3 N–H and O–H groups in total. The molecule has 150 valence electrons. The van der Waals surface area contributed by atoms with Crippen molar-refractivity contribution < 1.29 is 19.4 Å². The van der Waals surface area contributed by atoms with Gasteiger partial charge in [-0.3, -0.25) is 4.79 Å². The average Bonchev–Trinajstić information content (AvgIpc) is 2.70. The number of ether oxygens (including phenoxy) is 1. The van der Waals surface area contributed by atoms with Gasteiger partial charge < -0.3 is 20.5 Å². The van der Waals surface area contributed by atoms with Crippen molar-refractivity contribution in [3.63, 3.8) is 0 Å². The predicted octanol–water partition coefficient (Wildman–Crippen LogP) is 4.12. The van der Waals surface area contributed by atoms with Gasteiger partial charge in [-0.15, -0.1) is 0 Å². The molecule has 0 aromatic heterocycles. The number of unbranched alkanes of at least 4 members (excludes halogenated alkanes) is 1. The van der Waals surface area contributed by atoms with Gasteiger partial charge in [-0.1, -0.05) is 31.5 Å². The van der Waals surface area contributed by atoms with E-state index in [1.54, 1.807) is 48.5 Å². The highest BCUT2D eigenvalue weighted by molar-refractivity contribution is 6.09. The van der Waals surface area contributed by atoms with Crippen molar-refractivity contribution in [3.05, 3.63) is 65.4 Å².